The summed E-state index contributed by atoms with van der Waals surface area (Å²) >= 11 is 8.07. The van der Waals surface area contributed by atoms with E-state index in [1.54, 1.807) is 0 Å². The fourth-order valence-electron chi connectivity index (χ4n) is 1.65. The van der Waals surface area contributed by atoms with Crippen LogP contribution in [0, 0.1) is 0 Å². The van der Waals surface area contributed by atoms with E-state index in [2.05, 4.69) is 42.7 Å². The maximum Gasteiger partial charge on any atom is 0.321 e. The number of carboxylic acids is 1. The molecule has 2 rings (SSSR count). The van der Waals surface area contributed by atoms with Gasteiger partial charge in [0.15, 0.2) is 0 Å². The zero-order valence-electron chi connectivity index (χ0n) is 12.2. The number of carboxylic acid groups (broad SMARTS) is 1. The monoisotopic (exact) mass is 335 g/mol. The minimum Gasteiger partial charge on any atom is -0.480 e. The second-order valence-corrected chi connectivity index (χ2v) is 5.26. The van der Waals surface area contributed by atoms with Crippen molar-refractivity contribution in [2.45, 2.75) is 18.3 Å². The quantitative estimate of drug-likeness (QED) is 0.613. The van der Waals surface area contributed by atoms with E-state index in [1.807, 2.05) is 48.5 Å². The largest absolute Gasteiger partial charge is 0.480 e. The fourth-order valence-corrected chi connectivity index (χ4v) is 2.15. The standard InChI is InChI=1S/C10H13NO2S.C7H8S/c12-10(13)9(7-14)11-6-8-4-2-1-3-5-8;8-6-7-4-2-1-3-5-7/h1-5,9,11,14H,6-7H2,(H,12,13);1-5,8H,6H2/t9-;/m0./s1. The predicted molar refractivity (Wildman–Crippen MR) is 97.7 cm³/mol. The molecule has 0 spiro atoms. The lowest BCUT2D eigenvalue weighted by Crippen LogP contribution is -2.37. The van der Waals surface area contributed by atoms with Crippen molar-refractivity contribution in [2.75, 3.05) is 5.75 Å². The lowest BCUT2D eigenvalue weighted by molar-refractivity contribution is -0.138. The molecule has 0 radical (unpaired) electrons. The summed E-state index contributed by atoms with van der Waals surface area (Å²) in [7, 11) is 0. The first-order valence-corrected chi connectivity index (χ1v) is 8.19. The molecule has 2 aromatic rings. The van der Waals surface area contributed by atoms with Gasteiger partial charge in [-0.25, -0.2) is 0 Å². The Labute approximate surface area is 142 Å². The van der Waals surface area contributed by atoms with E-state index >= 15 is 0 Å². The molecule has 3 nitrogen and oxygen atoms in total. The van der Waals surface area contributed by atoms with Crippen LogP contribution in [0.5, 0.6) is 0 Å². The molecule has 0 aliphatic heterocycles. The molecular formula is C17H21NO2S2. The highest BCUT2D eigenvalue weighted by atomic mass is 32.1. The number of hydrogen-bond acceptors (Lipinski definition) is 4. The summed E-state index contributed by atoms with van der Waals surface area (Å²) in [6.45, 7) is 0.554. The lowest BCUT2D eigenvalue weighted by Gasteiger charge is -2.11. The second kappa shape index (κ2) is 11.2. The summed E-state index contributed by atoms with van der Waals surface area (Å²) in [6.07, 6.45) is 0. The molecule has 0 unspecified atom stereocenters. The number of aliphatic carboxylic acids is 1. The van der Waals surface area contributed by atoms with Gasteiger partial charge in [-0.2, -0.15) is 25.3 Å². The van der Waals surface area contributed by atoms with Crippen LogP contribution in [0.2, 0.25) is 0 Å². The van der Waals surface area contributed by atoms with Crippen LogP contribution in [0.4, 0.5) is 0 Å². The van der Waals surface area contributed by atoms with Crippen molar-refractivity contribution in [3.05, 3.63) is 71.8 Å². The number of hydrogen-bond donors (Lipinski definition) is 4. The van der Waals surface area contributed by atoms with Gasteiger partial charge in [0.2, 0.25) is 0 Å². The van der Waals surface area contributed by atoms with E-state index in [-0.39, 0.29) is 0 Å². The summed E-state index contributed by atoms with van der Waals surface area (Å²) in [5.74, 6) is 0.263. The van der Waals surface area contributed by atoms with E-state index in [4.69, 9.17) is 5.11 Å². The molecule has 2 aromatic carbocycles. The number of thiol groups is 2. The minimum atomic E-state index is -0.865. The van der Waals surface area contributed by atoms with Crippen LogP contribution in [0.25, 0.3) is 0 Å². The molecule has 0 aromatic heterocycles. The zero-order chi connectivity index (χ0) is 16.2. The van der Waals surface area contributed by atoms with Crippen molar-refractivity contribution in [1.82, 2.24) is 5.32 Å². The van der Waals surface area contributed by atoms with Crippen molar-refractivity contribution in [2.24, 2.45) is 0 Å². The Morgan fingerprint density at radius 3 is 1.82 bits per heavy atom. The molecular weight excluding hydrogens is 314 g/mol. The Hall–Kier alpha value is -1.43. The Morgan fingerprint density at radius 2 is 1.45 bits per heavy atom. The first kappa shape index (κ1) is 18.6. The maximum atomic E-state index is 10.6. The van der Waals surface area contributed by atoms with Crippen molar-refractivity contribution in [3.63, 3.8) is 0 Å². The van der Waals surface area contributed by atoms with Gasteiger partial charge in [0.05, 0.1) is 0 Å². The molecule has 0 aliphatic carbocycles. The molecule has 118 valence electrons. The van der Waals surface area contributed by atoms with Crippen LogP contribution in [0.1, 0.15) is 11.1 Å². The Balaban J connectivity index is 0.000000255. The topological polar surface area (TPSA) is 49.3 Å². The van der Waals surface area contributed by atoms with E-state index in [9.17, 15) is 4.79 Å². The van der Waals surface area contributed by atoms with E-state index in [1.165, 1.54) is 5.56 Å². The molecule has 0 saturated carbocycles. The third kappa shape index (κ3) is 7.54. The number of carbonyl (C=O) groups is 1. The van der Waals surface area contributed by atoms with Crippen molar-refractivity contribution in [3.8, 4) is 0 Å². The predicted octanol–water partition coefficient (Wildman–Crippen LogP) is 3.28. The third-order valence-electron chi connectivity index (χ3n) is 2.90. The summed E-state index contributed by atoms with van der Waals surface area (Å²) in [6, 6.07) is 19.3. The fraction of sp³-hybridized carbons (Fsp3) is 0.235. The van der Waals surface area contributed by atoms with Gasteiger partial charge in [-0.3, -0.25) is 10.1 Å². The molecule has 5 heteroatoms. The Kier molecular flexibility index (Phi) is 9.46. The van der Waals surface area contributed by atoms with Gasteiger partial charge in [-0.05, 0) is 11.1 Å². The van der Waals surface area contributed by atoms with E-state index in [0.717, 1.165) is 11.3 Å². The van der Waals surface area contributed by atoms with Gasteiger partial charge in [0, 0.05) is 18.1 Å². The molecule has 0 heterocycles. The van der Waals surface area contributed by atoms with Crippen LogP contribution in [-0.4, -0.2) is 22.9 Å². The van der Waals surface area contributed by atoms with Gasteiger partial charge in [0.1, 0.15) is 6.04 Å². The number of benzene rings is 2. The van der Waals surface area contributed by atoms with Crippen LogP contribution in [0.3, 0.4) is 0 Å². The number of nitrogens with one attached hydrogen (secondary N) is 1. The lowest BCUT2D eigenvalue weighted by atomic mass is 10.2. The molecule has 1 atom stereocenters. The molecule has 0 fully saturated rings. The van der Waals surface area contributed by atoms with Crippen LogP contribution in [-0.2, 0) is 17.1 Å². The summed E-state index contributed by atoms with van der Waals surface area (Å²) < 4.78 is 0. The van der Waals surface area contributed by atoms with Gasteiger partial charge in [0.25, 0.3) is 0 Å². The molecule has 22 heavy (non-hydrogen) atoms. The first-order valence-electron chi connectivity index (χ1n) is 6.93. The average Bonchev–Trinajstić information content (AvgIpc) is 2.57. The number of rotatable bonds is 6. The Bertz CT molecular complexity index is 535. The van der Waals surface area contributed by atoms with Gasteiger partial charge in [-0.1, -0.05) is 60.7 Å². The molecule has 2 N–H and O–H groups in total. The third-order valence-corrected chi connectivity index (χ3v) is 3.63. The summed E-state index contributed by atoms with van der Waals surface area (Å²) in [5, 5.41) is 11.6. The highest BCUT2D eigenvalue weighted by Gasteiger charge is 2.13. The van der Waals surface area contributed by atoms with E-state index in [0.29, 0.717) is 12.3 Å². The SMILES string of the molecule is O=C(O)[C@H](CS)NCc1ccccc1.SCc1ccccc1. The Morgan fingerprint density at radius 1 is 0.955 bits per heavy atom. The van der Waals surface area contributed by atoms with Crippen LogP contribution in [0.15, 0.2) is 60.7 Å². The average molecular weight is 335 g/mol. The molecule has 0 saturated heterocycles. The van der Waals surface area contributed by atoms with Gasteiger partial charge < -0.3 is 5.11 Å². The van der Waals surface area contributed by atoms with Gasteiger partial charge in [-0.15, -0.1) is 0 Å². The maximum absolute atomic E-state index is 10.6. The zero-order valence-corrected chi connectivity index (χ0v) is 14.0. The van der Waals surface area contributed by atoms with Crippen molar-refractivity contribution < 1.29 is 9.90 Å². The molecule has 0 aliphatic rings. The molecule has 0 amide bonds. The van der Waals surface area contributed by atoms with Crippen molar-refractivity contribution >= 4 is 31.2 Å². The summed E-state index contributed by atoms with van der Waals surface area (Å²) in [5.41, 5.74) is 2.34. The van der Waals surface area contributed by atoms with E-state index < -0.39 is 12.0 Å². The first-order chi connectivity index (χ1) is 10.7. The minimum absolute atomic E-state index is 0.294. The van der Waals surface area contributed by atoms with Crippen LogP contribution < -0.4 is 5.32 Å². The second-order valence-electron chi connectivity index (χ2n) is 4.58. The normalized spacial score (nSPS) is 11.2. The summed E-state index contributed by atoms with van der Waals surface area (Å²) in [4.78, 5) is 10.6. The van der Waals surface area contributed by atoms with Crippen LogP contribution >= 0.6 is 25.3 Å². The van der Waals surface area contributed by atoms with Gasteiger partial charge >= 0.3 is 5.97 Å². The smallest absolute Gasteiger partial charge is 0.321 e. The molecule has 0 bridgehead atoms. The van der Waals surface area contributed by atoms with Crippen molar-refractivity contribution in [1.29, 1.82) is 0 Å². The highest BCUT2D eigenvalue weighted by Crippen LogP contribution is 2.00. The highest BCUT2D eigenvalue weighted by molar-refractivity contribution is 7.80.